The van der Waals surface area contributed by atoms with Crippen molar-refractivity contribution < 1.29 is 4.79 Å². The molecule has 1 saturated carbocycles. The SMILES string of the molecule is CC(=O)C1=CC(c2ccc(Cc3ccc(C4CCC(C(C)C)CC4)c(C)c3)c3nccn23)=CC1. The van der Waals surface area contributed by atoms with E-state index in [1.807, 2.05) is 18.5 Å². The first-order chi connectivity index (χ1) is 16.4. The molecule has 0 unspecified atom stereocenters. The number of carbonyl (C=O) groups excluding carboxylic acids is 1. The second-order valence-electron chi connectivity index (χ2n) is 10.7. The van der Waals surface area contributed by atoms with Crippen LogP contribution in [-0.2, 0) is 11.2 Å². The van der Waals surface area contributed by atoms with Crippen LogP contribution in [0.5, 0.6) is 0 Å². The van der Waals surface area contributed by atoms with Crippen molar-refractivity contribution >= 4 is 17.0 Å². The van der Waals surface area contributed by atoms with Crippen molar-refractivity contribution in [3.63, 3.8) is 0 Å². The third-order valence-electron chi connectivity index (χ3n) is 8.13. The molecule has 2 heterocycles. The molecule has 3 heteroatoms. The molecule has 5 rings (SSSR count). The van der Waals surface area contributed by atoms with Crippen LogP contribution in [0.25, 0.3) is 11.2 Å². The van der Waals surface area contributed by atoms with Gasteiger partial charge in [0, 0.05) is 18.8 Å². The maximum atomic E-state index is 11.8. The van der Waals surface area contributed by atoms with Crippen molar-refractivity contribution in [2.24, 2.45) is 11.8 Å². The molecule has 0 aliphatic heterocycles. The van der Waals surface area contributed by atoms with Gasteiger partial charge in [0.2, 0.25) is 0 Å². The maximum absolute atomic E-state index is 11.8. The number of ketones is 1. The lowest BCUT2D eigenvalue weighted by atomic mass is 9.74. The third-order valence-corrected chi connectivity index (χ3v) is 8.13. The van der Waals surface area contributed by atoms with Gasteiger partial charge in [-0.25, -0.2) is 4.98 Å². The van der Waals surface area contributed by atoms with Crippen molar-refractivity contribution in [1.82, 2.24) is 9.38 Å². The van der Waals surface area contributed by atoms with Gasteiger partial charge in [-0.05, 0) is 109 Å². The van der Waals surface area contributed by atoms with Gasteiger partial charge in [-0.3, -0.25) is 9.20 Å². The molecule has 176 valence electrons. The minimum Gasteiger partial charge on any atom is -0.299 e. The fourth-order valence-electron chi connectivity index (χ4n) is 6.02. The fourth-order valence-corrected chi connectivity index (χ4v) is 6.02. The summed E-state index contributed by atoms with van der Waals surface area (Å²) in [5.41, 5.74) is 9.62. The number of benzene rings is 1. The van der Waals surface area contributed by atoms with E-state index >= 15 is 0 Å². The molecule has 0 spiro atoms. The highest BCUT2D eigenvalue weighted by molar-refractivity contribution is 5.98. The number of aromatic nitrogens is 2. The first kappa shape index (κ1) is 22.8. The van der Waals surface area contributed by atoms with E-state index in [1.165, 1.54) is 42.4 Å². The summed E-state index contributed by atoms with van der Waals surface area (Å²) in [5, 5.41) is 0. The quantitative estimate of drug-likeness (QED) is 0.389. The number of pyridine rings is 1. The summed E-state index contributed by atoms with van der Waals surface area (Å²) in [4.78, 5) is 16.5. The normalized spacial score (nSPS) is 20.6. The standard InChI is InChI=1S/C31H36N2O/c1-20(2)24-6-8-25(9-7-24)29-13-5-23(17-21(29)3)18-28-12-14-30(33-16-15-32-31(28)33)27-11-10-26(19-27)22(4)34/h5,11-17,19-20,24-25H,6-10,18H2,1-4H3. The highest BCUT2D eigenvalue weighted by Gasteiger charge is 2.25. The van der Waals surface area contributed by atoms with E-state index in [-0.39, 0.29) is 5.78 Å². The molecule has 0 saturated heterocycles. The third kappa shape index (κ3) is 4.41. The Hall–Kier alpha value is -2.94. The average Bonchev–Trinajstić information content (AvgIpc) is 3.50. The Kier molecular flexibility index (Phi) is 6.29. The van der Waals surface area contributed by atoms with Crippen molar-refractivity contribution in [2.75, 3.05) is 0 Å². The van der Waals surface area contributed by atoms with Crippen LogP contribution in [-0.4, -0.2) is 15.2 Å². The molecular weight excluding hydrogens is 416 g/mol. The van der Waals surface area contributed by atoms with Crippen LogP contribution >= 0.6 is 0 Å². The zero-order chi connectivity index (χ0) is 23.8. The number of allylic oxidation sites excluding steroid dienone is 4. The predicted octanol–water partition coefficient (Wildman–Crippen LogP) is 7.47. The van der Waals surface area contributed by atoms with Gasteiger partial charge >= 0.3 is 0 Å². The van der Waals surface area contributed by atoms with Crippen molar-refractivity contribution in [3.8, 4) is 0 Å². The van der Waals surface area contributed by atoms with Crippen molar-refractivity contribution in [1.29, 1.82) is 0 Å². The summed E-state index contributed by atoms with van der Waals surface area (Å²) in [5.74, 6) is 2.58. The molecule has 2 aliphatic rings. The van der Waals surface area contributed by atoms with Gasteiger partial charge in [0.05, 0.1) is 5.69 Å². The summed E-state index contributed by atoms with van der Waals surface area (Å²) < 4.78 is 2.16. The van der Waals surface area contributed by atoms with E-state index in [2.05, 4.69) is 66.6 Å². The monoisotopic (exact) mass is 452 g/mol. The second kappa shape index (κ2) is 9.37. The van der Waals surface area contributed by atoms with Gasteiger partial charge in [-0.1, -0.05) is 44.2 Å². The molecular formula is C31H36N2O. The van der Waals surface area contributed by atoms with Gasteiger partial charge < -0.3 is 0 Å². The topological polar surface area (TPSA) is 34.4 Å². The lowest BCUT2D eigenvalue weighted by Gasteiger charge is -2.32. The molecule has 1 aromatic carbocycles. The van der Waals surface area contributed by atoms with E-state index in [1.54, 1.807) is 12.5 Å². The number of hydrogen-bond donors (Lipinski definition) is 0. The molecule has 0 atom stereocenters. The van der Waals surface area contributed by atoms with Gasteiger partial charge in [-0.2, -0.15) is 0 Å². The molecule has 0 bridgehead atoms. The molecule has 34 heavy (non-hydrogen) atoms. The van der Waals surface area contributed by atoms with Gasteiger partial charge in [0.25, 0.3) is 0 Å². The Morgan fingerprint density at radius 2 is 1.91 bits per heavy atom. The van der Waals surface area contributed by atoms with Crippen LogP contribution in [0.1, 0.15) is 86.7 Å². The molecule has 3 aromatic rings. The molecule has 3 nitrogen and oxygen atoms in total. The molecule has 0 amide bonds. The van der Waals surface area contributed by atoms with Crippen LogP contribution in [0.3, 0.4) is 0 Å². The van der Waals surface area contributed by atoms with Crippen LogP contribution in [0, 0.1) is 18.8 Å². The van der Waals surface area contributed by atoms with E-state index < -0.39 is 0 Å². The Balaban J connectivity index is 1.36. The van der Waals surface area contributed by atoms with Crippen LogP contribution in [0.4, 0.5) is 0 Å². The first-order valence-corrected chi connectivity index (χ1v) is 12.9. The minimum atomic E-state index is 0.150. The van der Waals surface area contributed by atoms with Gasteiger partial charge in [-0.15, -0.1) is 0 Å². The zero-order valence-electron chi connectivity index (χ0n) is 21.0. The summed E-state index contributed by atoms with van der Waals surface area (Å²) in [6, 6.07) is 11.5. The number of rotatable bonds is 6. The highest BCUT2D eigenvalue weighted by Crippen LogP contribution is 2.40. The average molecular weight is 453 g/mol. The fraction of sp³-hybridized carbons (Fsp3) is 0.419. The highest BCUT2D eigenvalue weighted by atomic mass is 16.1. The number of carbonyl (C=O) groups is 1. The van der Waals surface area contributed by atoms with Crippen LogP contribution in [0.2, 0.25) is 0 Å². The smallest absolute Gasteiger partial charge is 0.156 e. The summed E-state index contributed by atoms with van der Waals surface area (Å²) in [6.07, 6.45) is 15.0. The summed E-state index contributed by atoms with van der Waals surface area (Å²) >= 11 is 0. The number of hydrogen-bond acceptors (Lipinski definition) is 2. The lowest BCUT2D eigenvalue weighted by Crippen LogP contribution is -2.18. The Morgan fingerprint density at radius 3 is 2.59 bits per heavy atom. The Labute approximate surface area is 203 Å². The first-order valence-electron chi connectivity index (χ1n) is 12.9. The minimum absolute atomic E-state index is 0.150. The summed E-state index contributed by atoms with van der Waals surface area (Å²) in [7, 11) is 0. The van der Waals surface area contributed by atoms with Crippen molar-refractivity contribution in [3.05, 3.63) is 88.4 Å². The van der Waals surface area contributed by atoms with Crippen LogP contribution in [0.15, 0.2) is 60.5 Å². The van der Waals surface area contributed by atoms with E-state index in [0.29, 0.717) is 6.42 Å². The number of nitrogens with zero attached hydrogens (tertiary/aromatic N) is 2. The Morgan fingerprint density at radius 1 is 1.12 bits per heavy atom. The Bertz CT molecular complexity index is 1280. The number of Topliss-reactive ketones (excluding diaryl/α,β-unsaturated/α-hetero) is 1. The van der Waals surface area contributed by atoms with Gasteiger partial charge in [0.15, 0.2) is 5.78 Å². The molecule has 0 N–H and O–H groups in total. The molecule has 0 radical (unpaired) electrons. The molecule has 2 aliphatic carbocycles. The zero-order valence-corrected chi connectivity index (χ0v) is 21.0. The largest absolute Gasteiger partial charge is 0.299 e. The summed E-state index contributed by atoms with van der Waals surface area (Å²) in [6.45, 7) is 8.67. The number of aryl methyl sites for hydroxylation is 1. The lowest BCUT2D eigenvalue weighted by molar-refractivity contribution is -0.113. The second-order valence-corrected chi connectivity index (χ2v) is 10.7. The van der Waals surface area contributed by atoms with Gasteiger partial charge in [0.1, 0.15) is 5.65 Å². The maximum Gasteiger partial charge on any atom is 0.156 e. The van der Waals surface area contributed by atoms with Crippen LogP contribution < -0.4 is 0 Å². The van der Waals surface area contributed by atoms with Crippen molar-refractivity contribution in [2.45, 2.75) is 72.1 Å². The van der Waals surface area contributed by atoms with E-state index in [4.69, 9.17) is 0 Å². The van der Waals surface area contributed by atoms with E-state index in [0.717, 1.165) is 46.7 Å². The number of imidazole rings is 1. The van der Waals surface area contributed by atoms with E-state index in [9.17, 15) is 4.79 Å². The number of fused-ring (bicyclic) bond motifs is 1. The predicted molar refractivity (Wildman–Crippen MR) is 140 cm³/mol. The molecule has 2 aromatic heterocycles. The molecule has 1 fully saturated rings.